The van der Waals surface area contributed by atoms with E-state index in [1.807, 2.05) is 30.3 Å². The summed E-state index contributed by atoms with van der Waals surface area (Å²) >= 11 is 0. The highest BCUT2D eigenvalue weighted by atomic mass is 32.2. The van der Waals surface area contributed by atoms with Crippen molar-refractivity contribution in [3.05, 3.63) is 60.1 Å². The number of sulfone groups is 1. The lowest BCUT2D eigenvalue weighted by atomic mass is 9.99. The maximum absolute atomic E-state index is 14.4. The molecule has 3 rings (SSSR count). The Hall–Kier alpha value is -2.47. The molecule has 118 valence electrons. The number of rotatable bonds is 3. The fourth-order valence-corrected chi connectivity index (χ4v) is 3.05. The van der Waals surface area contributed by atoms with Gasteiger partial charge in [0.2, 0.25) is 0 Å². The van der Waals surface area contributed by atoms with Gasteiger partial charge in [0.15, 0.2) is 9.84 Å². The van der Waals surface area contributed by atoms with Crippen molar-refractivity contribution < 1.29 is 17.3 Å². The number of halogens is 1. The standard InChI is InChI=1S/C17H14FNO3S/c1-11-16(12-6-4-3-5-7-12)17(19-22-11)14-9-8-13(10-15(14)18)23(2,20)21/h3-10H,1-2H3/i18-1. The molecule has 4 nitrogen and oxygen atoms in total. The molecule has 0 amide bonds. The molecule has 0 bridgehead atoms. The first-order chi connectivity index (χ1) is 10.9. The summed E-state index contributed by atoms with van der Waals surface area (Å²) in [4.78, 5) is -0.0692. The third kappa shape index (κ3) is 2.90. The molecule has 0 aliphatic rings. The van der Waals surface area contributed by atoms with Crippen LogP contribution in [0.2, 0.25) is 0 Å². The topological polar surface area (TPSA) is 60.2 Å². The molecule has 0 spiro atoms. The normalized spacial score (nSPS) is 11.6. The van der Waals surface area contributed by atoms with Crippen LogP contribution in [0.15, 0.2) is 57.9 Å². The van der Waals surface area contributed by atoms with Gasteiger partial charge in [-0.15, -0.1) is 0 Å². The van der Waals surface area contributed by atoms with Crippen molar-refractivity contribution >= 4 is 9.84 Å². The molecule has 3 aromatic rings. The largest absolute Gasteiger partial charge is 0.360 e. The second kappa shape index (κ2) is 5.62. The van der Waals surface area contributed by atoms with E-state index in [2.05, 4.69) is 5.16 Å². The van der Waals surface area contributed by atoms with Crippen LogP contribution in [0.4, 0.5) is 4.39 Å². The second-order valence-corrected chi connectivity index (χ2v) is 7.26. The van der Waals surface area contributed by atoms with Gasteiger partial charge in [-0.1, -0.05) is 35.5 Å². The predicted molar refractivity (Wildman–Crippen MR) is 85.2 cm³/mol. The third-order valence-electron chi connectivity index (χ3n) is 3.55. The van der Waals surface area contributed by atoms with Crippen LogP contribution in [0.25, 0.3) is 22.4 Å². The minimum Gasteiger partial charge on any atom is -0.360 e. The van der Waals surface area contributed by atoms with Crippen LogP contribution < -0.4 is 0 Å². The number of hydrogen-bond donors (Lipinski definition) is 0. The molecule has 0 fully saturated rings. The van der Waals surface area contributed by atoms with Gasteiger partial charge in [-0.3, -0.25) is 0 Å². The van der Waals surface area contributed by atoms with E-state index in [1.54, 1.807) is 6.92 Å². The summed E-state index contributed by atoms with van der Waals surface area (Å²) in [6.45, 7) is 1.75. The van der Waals surface area contributed by atoms with Crippen molar-refractivity contribution in [1.82, 2.24) is 5.16 Å². The molecule has 0 radical (unpaired) electrons. The Labute approximate surface area is 133 Å². The summed E-state index contributed by atoms with van der Waals surface area (Å²) in [5.41, 5.74) is 2.10. The molecule has 1 heterocycles. The molecule has 0 N–H and O–H groups in total. The Morgan fingerprint density at radius 2 is 1.78 bits per heavy atom. The van der Waals surface area contributed by atoms with Gasteiger partial charge in [0.1, 0.15) is 17.3 Å². The highest BCUT2D eigenvalue weighted by Gasteiger charge is 2.20. The van der Waals surface area contributed by atoms with Crippen LogP contribution in [-0.2, 0) is 9.84 Å². The summed E-state index contributed by atoms with van der Waals surface area (Å²) in [5.74, 6) is -0.0869. The van der Waals surface area contributed by atoms with E-state index >= 15 is 0 Å². The monoisotopic (exact) mass is 330 g/mol. The number of benzene rings is 2. The van der Waals surface area contributed by atoms with E-state index in [4.69, 9.17) is 4.52 Å². The zero-order valence-corrected chi connectivity index (χ0v) is 13.4. The smallest absolute Gasteiger partial charge is 0.175 e. The lowest BCUT2D eigenvalue weighted by Crippen LogP contribution is -1.98. The molecule has 0 aliphatic carbocycles. The molecular formula is C17H14FNO3S. The molecule has 0 aliphatic heterocycles. The van der Waals surface area contributed by atoms with E-state index < -0.39 is 15.7 Å². The summed E-state index contributed by atoms with van der Waals surface area (Å²) in [6.07, 6.45) is 1.04. The van der Waals surface area contributed by atoms with Crippen LogP contribution in [0.5, 0.6) is 0 Å². The summed E-state index contributed by atoms with van der Waals surface area (Å²) in [5, 5.41) is 3.95. The Morgan fingerprint density at radius 3 is 2.39 bits per heavy atom. The van der Waals surface area contributed by atoms with Gasteiger partial charge in [0, 0.05) is 11.8 Å². The van der Waals surface area contributed by atoms with E-state index in [0.29, 0.717) is 17.0 Å². The Bertz CT molecular complexity index is 963. The average Bonchev–Trinajstić information content (AvgIpc) is 2.88. The Morgan fingerprint density at radius 1 is 1.09 bits per heavy atom. The first kappa shape index (κ1) is 15.4. The SMILES string of the molecule is Cc1onc(-c2ccc(S(C)(=O)=O)cc2[18F])c1-c1ccccc1. The van der Waals surface area contributed by atoms with Gasteiger partial charge < -0.3 is 4.52 Å². The van der Waals surface area contributed by atoms with E-state index in [-0.39, 0.29) is 10.5 Å². The lowest BCUT2D eigenvalue weighted by Gasteiger charge is -2.06. The van der Waals surface area contributed by atoms with Gasteiger partial charge in [-0.05, 0) is 30.7 Å². The highest BCUT2D eigenvalue weighted by molar-refractivity contribution is 7.90. The minimum absolute atomic E-state index is 0.0692. The number of aryl methyl sites for hydroxylation is 1. The summed E-state index contributed by atoms with van der Waals surface area (Å²) < 4.78 is 42.7. The maximum Gasteiger partial charge on any atom is 0.175 e. The van der Waals surface area contributed by atoms with Crippen molar-refractivity contribution in [1.29, 1.82) is 0 Å². The fourth-order valence-electron chi connectivity index (χ4n) is 2.42. The third-order valence-corrected chi connectivity index (χ3v) is 4.66. The quantitative estimate of drug-likeness (QED) is 0.731. The molecule has 0 saturated heterocycles. The minimum atomic E-state index is -3.47. The number of aromatic nitrogens is 1. The zero-order chi connectivity index (χ0) is 16.6. The second-order valence-electron chi connectivity index (χ2n) is 5.24. The zero-order valence-electron chi connectivity index (χ0n) is 12.6. The van der Waals surface area contributed by atoms with Crippen LogP contribution in [0.3, 0.4) is 0 Å². The van der Waals surface area contributed by atoms with Gasteiger partial charge in [0.25, 0.3) is 0 Å². The fraction of sp³-hybridized carbons (Fsp3) is 0.118. The first-order valence-corrected chi connectivity index (χ1v) is 8.79. The predicted octanol–water partition coefficient (Wildman–Crippen LogP) is 3.86. The van der Waals surface area contributed by atoms with Crippen molar-refractivity contribution in [2.75, 3.05) is 6.26 Å². The number of hydrogen-bond acceptors (Lipinski definition) is 4. The molecule has 1 aromatic heterocycles. The van der Waals surface area contributed by atoms with Gasteiger partial charge >= 0.3 is 0 Å². The van der Waals surface area contributed by atoms with Crippen molar-refractivity contribution in [2.45, 2.75) is 11.8 Å². The molecule has 6 heteroatoms. The van der Waals surface area contributed by atoms with Gasteiger partial charge in [0.05, 0.1) is 10.5 Å². The summed E-state index contributed by atoms with van der Waals surface area (Å²) in [6, 6.07) is 13.2. The lowest BCUT2D eigenvalue weighted by molar-refractivity contribution is 0.400. The molecule has 0 saturated carbocycles. The Balaban J connectivity index is 2.18. The van der Waals surface area contributed by atoms with Crippen LogP contribution in [0, 0.1) is 12.7 Å². The molecule has 0 atom stereocenters. The van der Waals surface area contributed by atoms with Crippen molar-refractivity contribution in [3.8, 4) is 22.4 Å². The van der Waals surface area contributed by atoms with Crippen LogP contribution in [0.1, 0.15) is 5.76 Å². The van der Waals surface area contributed by atoms with Crippen molar-refractivity contribution in [2.24, 2.45) is 0 Å². The van der Waals surface area contributed by atoms with E-state index in [0.717, 1.165) is 17.9 Å². The first-order valence-electron chi connectivity index (χ1n) is 6.89. The number of nitrogens with zero attached hydrogens (tertiary/aromatic N) is 1. The van der Waals surface area contributed by atoms with Gasteiger partial charge in [-0.2, -0.15) is 0 Å². The molecule has 0 unspecified atom stereocenters. The molecule has 23 heavy (non-hydrogen) atoms. The van der Waals surface area contributed by atoms with Crippen molar-refractivity contribution in [3.63, 3.8) is 0 Å². The molecular weight excluding hydrogens is 316 g/mol. The Kier molecular flexibility index (Phi) is 3.77. The van der Waals surface area contributed by atoms with Gasteiger partial charge in [-0.25, -0.2) is 12.8 Å². The van der Waals surface area contributed by atoms with Crippen LogP contribution in [-0.4, -0.2) is 19.8 Å². The average molecular weight is 330 g/mol. The highest BCUT2D eigenvalue weighted by Crippen LogP contribution is 2.35. The molecule has 2 aromatic carbocycles. The maximum atomic E-state index is 14.4. The van der Waals surface area contributed by atoms with E-state index in [9.17, 15) is 12.8 Å². The van der Waals surface area contributed by atoms with Crippen LogP contribution >= 0.6 is 0 Å². The summed E-state index contributed by atoms with van der Waals surface area (Å²) in [7, 11) is -3.47. The van der Waals surface area contributed by atoms with E-state index in [1.165, 1.54) is 12.1 Å².